The van der Waals surface area contributed by atoms with Crippen molar-refractivity contribution in [2.24, 2.45) is 0 Å². The molecule has 0 saturated carbocycles. The fourth-order valence-corrected chi connectivity index (χ4v) is 0.612. The summed E-state index contributed by atoms with van der Waals surface area (Å²) in [6, 6.07) is 2.40. The lowest BCUT2D eigenvalue weighted by Gasteiger charge is -2.01. The van der Waals surface area contributed by atoms with E-state index in [2.05, 4.69) is 0 Å². The second-order valence-electron chi connectivity index (χ2n) is 1.97. The third-order valence-electron chi connectivity index (χ3n) is 1.18. The standard InChI is InChI=1S/C6H8N2O2.ClH.H2O/c7-3-1-4(8)6(10)2-5(3)9;;/h1-2,9-10H,7-8H2;1H;1H2. The number of halogens is 1. The zero-order valence-corrected chi connectivity index (χ0v) is 6.93. The summed E-state index contributed by atoms with van der Waals surface area (Å²) in [4.78, 5) is 0. The zero-order valence-electron chi connectivity index (χ0n) is 6.11. The maximum absolute atomic E-state index is 8.88. The Hall–Kier alpha value is -1.33. The van der Waals surface area contributed by atoms with E-state index in [9.17, 15) is 0 Å². The highest BCUT2D eigenvalue weighted by Crippen LogP contribution is 2.30. The van der Waals surface area contributed by atoms with Crippen LogP contribution >= 0.6 is 12.4 Å². The van der Waals surface area contributed by atoms with Gasteiger partial charge in [0.1, 0.15) is 11.5 Å². The van der Waals surface area contributed by atoms with Gasteiger partial charge in [0.15, 0.2) is 0 Å². The molecule has 0 fully saturated rings. The molecule has 1 aromatic carbocycles. The number of aromatic hydroxyl groups is 2. The van der Waals surface area contributed by atoms with Gasteiger partial charge in [-0.3, -0.25) is 0 Å². The molecular weight excluding hydrogens is 184 g/mol. The minimum Gasteiger partial charge on any atom is -0.506 e. The van der Waals surface area contributed by atoms with Crippen molar-refractivity contribution < 1.29 is 15.7 Å². The van der Waals surface area contributed by atoms with E-state index in [0.29, 0.717) is 0 Å². The van der Waals surface area contributed by atoms with Crippen molar-refractivity contribution in [2.75, 3.05) is 11.5 Å². The molecule has 12 heavy (non-hydrogen) atoms. The lowest BCUT2D eigenvalue weighted by atomic mass is 10.2. The molecule has 0 amide bonds. The van der Waals surface area contributed by atoms with E-state index in [4.69, 9.17) is 21.7 Å². The first-order valence-electron chi connectivity index (χ1n) is 2.68. The van der Waals surface area contributed by atoms with Gasteiger partial charge in [-0.15, -0.1) is 12.4 Å². The monoisotopic (exact) mass is 194 g/mol. The molecule has 8 N–H and O–H groups in total. The second kappa shape index (κ2) is 4.53. The molecule has 0 heterocycles. The molecule has 0 aromatic heterocycles. The Morgan fingerprint density at radius 2 is 1.25 bits per heavy atom. The van der Waals surface area contributed by atoms with Gasteiger partial charge in [0, 0.05) is 6.07 Å². The number of hydrogen-bond donors (Lipinski definition) is 4. The molecular formula is C6H11ClN2O3. The molecule has 1 aromatic rings. The molecule has 0 spiro atoms. The van der Waals surface area contributed by atoms with Gasteiger partial charge in [-0.05, 0) is 6.07 Å². The van der Waals surface area contributed by atoms with Gasteiger partial charge < -0.3 is 27.2 Å². The first-order chi connectivity index (χ1) is 4.61. The second-order valence-corrected chi connectivity index (χ2v) is 1.97. The minimum absolute atomic E-state index is 0. The van der Waals surface area contributed by atoms with Crippen LogP contribution in [0.25, 0.3) is 0 Å². The maximum Gasteiger partial charge on any atom is 0.142 e. The van der Waals surface area contributed by atoms with E-state index in [0.717, 1.165) is 6.07 Å². The number of phenolic OH excluding ortho intramolecular Hbond substituents is 2. The van der Waals surface area contributed by atoms with Crippen LogP contribution in [0.15, 0.2) is 12.1 Å². The van der Waals surface area contributed by atoms with Crippen LogP contribution in [0.4, 0.5) is 11.4 Å². The predicted molar refractivity (Wildman–Crippen MR) is 49.5 cm³/mol. The summed E-state index contributed by atoms with van der Waals surface area (Å²) >= 11 is 0. The van der Waals surface area contributed by atoms with E-state index >= 15 is 0 Å². The Morgan fingerprint density at radius 1 is 0.917 bits per heavy atom. The largest absolute Gasteiger partial charge is 0.506 e. The number of nitrogens with two attached hydrogens (primary N) is 2. The summed E-state index contributed by atoms with van der Waals surface area (Å²) < 4.78 is 0. The van der Waals surface area contributed by atoms with Gasteiger partial charge >= 0.3 is 0 Å². The Bertz CT molecular complexity index is 217. The summed E-state index contributed by atoms with van der Waals surface area (Å²) in [7, 11) is 0. The Morgan fingerprint density at radius 3 is 1.50 bits per heavy atom. The Balaban J connectivity index is 0. The molecule has 6 heteroatoms. The topological polar surface area (TPSA) is 124 Å². The summed E-state index contributed by atoms with van der Waals surface area (Å²) in [5, 5.41) is 17.8. The molecule has 0 aliphatic heterocycles. The number of phenols is 2. The molecule has 0 atom stereocenters. The highest BCUT2D eigenvalue weighted by Gasteiger charge is 2.01. The number of benzene rings is 1. The molecule has 0 unspecified atom stereocenters. The van der Waals surface area contributed by atoms with Gasteiger partial charge in [0.2, 0.25) is 0 Å². The molecule has 0 radical (unpaired) electrons. The number of hydrogen-bond acceptors (Lipinski definition) is 4. The van der Waals surface area contributed by atoms with Crippen molar-refractivity contribution in [3.8, 4) is 11.5 Å². The van der Waals surface area contributed by atoms with Gasteiger partial charge in [-0.2, -0.15) is 0 Å². The van der Waals surface area contributed by atoms with E-state index < -0.39 is 0 Å². The third kappa shape index (κ3) is 2.37. The highest BCUT2D eigenvalue weighted by molar-refractivity contribution is 5.85. The van der Waals surface area contributed by atoms with Gasteiger partial charge in [-0.1, -0.05) is 0 Å². The summed E-state index contributed by atoms with van der Waals surface area (Å²) in [6.07, 6.45) is 0. The average Bonchev–Trinajstić information content (AvgIpc) is 1.84. The van der Waals surface area contributed by atoms with Gasteiger partial charge in [0.25, 0.3) is 0 Å². The number of rotatable bonds is 0. The SMILES string of the molecule is Cl.Nc1cc(N)c(O)cc1O.O. The summed E-state index contributed by atoms with van der Waals surface area (Å²) in [6.45, 7) is 0. The van der Waals surface area contributed by atoms with Crippen LogP contribution in [0.2, 0.25) is 0 Å². The van der Waals surface area contributed by atoms with Crippen LogP contribution in [-0.4, -0.2) is 15.7 Å². The molecule has 0 saturated heterocycles. The first kappa shape index (κ1) is 13.3. The van der Waals surface area contributed by atoms with E-state index in [1.807, 2.05) is 0 Å². The third-order valence-corrected chi connectivity index (χ3v) is 1.18. The van der Waals surface area contributed by atoms with Crippen molar-refractivity contribution in [3.05, 3.63) is 12.1 Å². The van der Waals surface area contributed by atoms with Crippen molar-refractivity contribution in [1.29, 1.82) is 0 Å². The van der Waals surface area contributed by atoms with Crippen molar-refractivity contribution in [2.45, 2.75) is 0 Å². The van der Waals surface area contributed by atoms with Crippen LogP contribution in [0.5, 0.6) is 11.5 Å². The molecule has 0 bridgehead atoms. The number of nitrogen functional groups attached to an aromatic ring is 2. The van der Waals surface area contributed by atoms with Crippen LogP contribution in [0.3, 0.4) is 0 Å². The lowest BCUT2D eigenvalue weighted by molar-refractivity contribution is 0.454. The normalized spacial score (nSPS) is 8.00. The molecule has 0 aliphatic carbocycles. The van der Waals surface area contributed by atoms with Crippen LogP contribution < -0.4 is 11.5 Å². The van der Waals surface area contributed by atoms with Crippen molar-refractivity contribution >= 4 is 23.8 Å². The van der Waals surface area contributed by atoms with Gasteiger partial charge in [0.05, 0.1) is 11.4 Å². The van der Waals surface area contributed by atoms with Gasteiger partial charge in [-0.25, -0.2) is 0 Å². The van der Waals surface area contributed by atoms with Crippen molar-refractivity contribution in [1.82, 2.24) is 0 Å². The van der Waals surface area contributed by atoms with Crippen LogP contribution in [0, 0.1) is 0 Å². The molecule has 70 valence electrons. The fraction of sp³-hybridized carbons (Fsp3) is 0. The average molecular weight is 195 g/mol. The molecule has 1 rings (SSSR count). The van der Waals surface area contributed by atoms with Crippen LogP contribution in [0.1, 0.15) is 0 Å². The Labute approximate surface area is 75.3 Å². The van der Waals surface area contributed by atoms with Crippen LogP contribution in [-0.2, 0) is 0 Å². The minimum atomic E-state index is -0.160. The summed E-state index contributed by atoms with van der Waals surface area (Å²) in [5.74, 6) is -0.321. The fourth-order valence-electron chi connectivity index (χ4n) is 0.612. The zero-order chi connectivity index (χ0) is 7.72. The molecule has 0 aliphatic rings. The van der Waals surface area contributed by atoms with E-state index in [1.165, 1.54) is 6.07 Å². The molecule has 5 nitrogen and oxygen atoms in total. The smallest absolute Gasteiger partial charge is 0.142 e. The van der Waals surface area contributed by atoms with Crippen molar-refractivity contribution in [3.63, 3.8) is 0 Å². The first-order valence-corrected chi connectivity index (χ1v) is 2.68. The lowest BCUT2D eigenvalue weighted by Crippen LogP contribution is -1.90. The van der Waals surface area contributed by atoms with E-state index in [1.54, 1.807) is 0 Å². The maximum atomic E-state index is 8.88. The highest BCUT2D eigenvalue weighted by atomic mass is 35.5. The number of anilines is 2. The Kier molecular flexibility index (Phi) is 5.01. The quantitative estimate of drug-likeness (QED) is 0.261. The predicted octanol–water partition coefficient (Wildman–Crippen LogP) is -0.141. The summed E-state index contributed by atoms with van der Waals surface area (Å²) in [5.41, 5.74) is 10.8. The van der Waals surface area contributed by atoms with E-state index in [-0.39, 0.29) is 40.8 Å².